The first-order valence-corrected chi connectivity index (χ1v) is 19.2. The van der Waals surface area contributed by atoms with E-state index in [9.17, 15) is 0 Å². The van der Waals surface area contributed by atoms with Crippen LogP contribution in [0.2, 0.25) is 0 Å². The van der Waals surface area contributed by atoms with E-state index in [-0.39, 0.29) is 0 Å². The fourth-order valence-electron chi connectivity index (χ4n) is 8.51. The molecule has 0 amide bonds. The van der Waals surface area contributed by atoms with Crippen molar-refractivity contribution in [2.24, 2.45) is 0 Å². The number of benzene rings is 10. The number of furan rings is 1. The Morgan fingerprint density at radius 3 is 1.57 bits per heavy atom. The summed E-state index contributed by atoms with van der Waals surface area (Å²) in [4.78, 5) is 2.33. The zero-order chi connectivity index (χ0) is 37.0. The van der Waals surface area contributed by atoms with E-state index in [2.05, 4.69) is 217 Å². The Hall–Kier alpha value is -7.42. The quantitative estimate of drug-likeness (QED) is 0.171. The average molecular weight is 714 g/mol. The number of anilines is 3. The van der Waals surface area contributed by atoms with Crippen LogP contribution < -0.4 is 4.90 Å². The van der Waals surface area contributed by atoms with E-state index in [0.717, 1.165) is 39.0 Å². The van der Waals surface area contributed by atoms with Gasteiger partial charge < -0.3 is 9.32 Å². The third-order valence-corrected chi connectivity index (χ3v) is 11.3. The first-order valence-electron chi connectivity index (χ1n) is 19.2. The summed E-state index contributed by atoms with van der Waals surface area (Å²) >= 11 is 0. The molecule has 11 aromatic rings. The van der Waals surface area contributed by atoms with Gasteiger partial charge in [-0.25, -0.2) is 0 Å². The van der Waals surface area contributed by atoms with Crippen LogP contribution in [0.4, 0.5) is 17.1 Å². The van der Waals surface area contributed by atoms with Crippen LogP contribution in [0.15, 0.2) is 217 Å². The largest absolute Gasteiger partial charge is 0.456 e. The summed E-state index contributed by atoms with van der Waals surface area (Å²) in [6.45, 7) is 0. The van der Waals surface area contributed by atoms with Gasteiger partial charge in [0.2, 0.25) is 0 Å². The van der Waals surface area contributed by atoms with Gasteiger partial charge in [-0.3, -0.25) is 0 Å². The number of hydrogen-bond acceptors (Lipinski definition) is 2. The van der Waals surface area contributed by atoms with Gasteiger partial charge in [-0.15, -0.1) is 0 Å². The smallest absolute Gasteiger partial charge is 0.137 e. The van der Waals surface area contributed by atoms with Crippen LogP contribution in [0.5, 0.6) is 0 Å². The van der Waals surface area contributed by atoms with E-state index in [1.807, 2.05) is 0 Å². The highest BCUT2D eigenvalue weighted by Gasteiger charge is 2.18. The molecule has 0 N–H and O–H groups in total. The first kappa shape index (κ1) is 32.0. The average Bonchev–Trinajstić information content (AvgIpc) is 3.65. The molecule has 0 atom stereocenters. The van der Waals surface area contributed by atoms with Gasteiger partial charge in [-0.2, -0.15) is 0 Å². The van der Waals surface area contributed by atoms with E-state index in [1.54, 1.807) is 0 Å². The molecule has 1 aromatic heterocycles. The first-order chi connectivity index (χ1) is 27.7. The summed E-state index contributed by atoms with van der Waals surface area (Å²) in [5.41, 5.74) is 12.2. The van der Waals surface area contributed by atoms with Crippen molar-refractivity contribution in [3.63, 3.8) is 0 Å². The molecule has 0 aliphatic heterocycles. The van der Waals surface area contributed by atoms with Gasteiger partial charge in [-0.05, 0) is 114 Å². The third-order valence-electron chi connectivity index (χ3n) is 11.3. The molecule has 0 radical (unpaired) electrons. The van der Waals surface area contributed by atoms with Crippen LogP contribution in [-0.2, 0) is 0 Å². The standard InChI is InChI=1S/C54H35NO/c1-2-10-37(11-3-1)48-19-9-15-40-20-21-42(34-51(40)48)36-22-27-43(28-23-36)55(44-29-24-41(25-30-44)47-18-8-14-38-12-4-6-16-46(38)47)45-31-32-50-53(35-45)56-52-33-26-39-13-5-7-17-49(39)54(50)52/h1-35H. The van der Waals surface area contributed by atoms with Crippen molar-refractivity contribution in [2.45, 2.75) is 0 Å². The molecule has 56 heavy (non-hydrogen) atoms. The zero-order valence-electron chi connectivity index (χ0n) is 30.6. The normalized spacial score (nSPS) is 11.6. The summed E-state index contributed by atoms with van der Waals surface area (Å²) in [6, 6.07) is 76.4. The molecule has 2 heteroatoms. The Labute approximate surface area is 325 Å². The molecular formula is C54H35NO. The summed E-state index contributed by atoms with van der Waals surface area (Å²) < 4.78 is 6.57. The molecule has 0 aliphatic carbocycles. The molecule has 0 saturated carbocycles. The SMILES string of the molecule is c1ccc(-c2cccc3ccc(-c4ccc(N(c5ccc(-c6cccc7ccccc67)cc5)c5ccc6c(c5)oc5ccc7ccccc7c56)cc4)cc23)cc1. The van der Waals surface area contributed by atoms with E-state index >= 15 is 0 Å². The monoisotopic (exact) mass is 713 g/mol. The van der Waals surface area contributed by atoms with Crippen LogP contribution in [0.1, 0.15) is 0 Å². The van der Waals surface area contributed by atoms with Gasteiger partial charge in [0, 0.05) is 33.9 Å². The number of hydrogen-bond donors (Lipinski definition) is 0. The fourth-order valence-corrected chi connectivity index (χ4v) is 8.51. The van der Waals surface area contributed by atoms with E-state index < -0.39 is 0 Å². The molecule has 1 heterocycles. The molecule has 0 unspecified atom stereocenters. The Morgan fingerprint density at radius 1 is 0.286 bits per heavy atom. The second-order valence-corrected chi connectivity index (χ2v) is 14.5. The molecular weight excluding hydrogens is 679 g/mol. The maximum Gasteiger partial charge on any atom is 0.137 e. The van der Waals surface area contributed by atoms with E-state index in [1.165, 1.54) is 65.7 Å². The van der Waals surface area contributed by atoms with Crippen LogP contribution in [0.3, 0.4) is 0 Å². The Bertz CT molecular complexity index is 3230. The van der Waals surface area contributed by atoms with Crippen LogP contribution in [0.25, 0.3) is 87.6 Å². The molecule has 11 rings (SSSR count). The van der Waals surface area contributed by atoms with Gasteiger partial charge in [0.1, 0.15) is 11.2 Å². The maximum atomic E-state index is 6.57. The van der Waals surface area contributed by atoms with Gasteiger partial charge in [0.05, 0.1) is 0 Å². The Kier molecular flexibility index (Phi) is 7.53. The lowest BCUT2D eigenvalue weighted by atomic mass is 9.95. The predicted molar refractivity (Wildman–Crippen MR) is 237 cm³/mol. The van der Waals surface area contributed by atoms with E-state index in [4.69, 9.17) is 4.42 Å². The lowest BCUT2D eigenvalue weighted by Gasteiger charge is -2.26. The third kappa shape index (κ3) is 5.42. The van der Waals surface area contributed by atoms with Crippen molar-refractivity contribution in [2.75, 3.05) is 4.90 Å². The molecule has 0 saturated heterocycles. The molecule has 0 spiro atoms. The highest BCUT2D eigenvalue weighted by molar-refractivity contribution is 6.19. The van der Waals surface area contributed by atoms with Crippen molar-refractivity contribution in [1.29, 1.82) is 0 Å². The van der Waals surface area contributed by atoms with Crippen molar-refractivity contribution >= 4 is 71.3 Å². The van der Waals surface area contributed by atoms with Gasteiger partial charge in [0.25, 0.3) is 0 Å². The fraction of sp³-hybridized carbons (Fsp3) is 0. The number of rotatable bonds is 6. The lowest BCUT2D eigenvalue weighted by molar-refractivity contribution is 0.669. The Balaban J connectivity index is 1.02. The highest BCUT2D eigenvalue weighted by atomic mass is 16.3. The van der Waals surface area contributed by atoms with Gasteiger partial charge >= 0.3 is 0 Å². The van der Waals surface area contributed by atoms with Gasteiger partial charge in [0.15, 0.2) is 0 Å². The summed E-state index contributed by atoms with van der Waals surface area (Å²) in [5, 5.41) is 9.67. The van der Waals surface area contributed by atoms with Crippen molar-refractivity contribution in [3.05, 3.63) is 212 Å². The highest BCUT2D eigenvalue weighted by Crippen LogP contribution is 2.42. The molecule has 0 aliphatic rings. The molecule has 10 aromatic carbocycles. The molecule has 262 valence electrons. The molecule has 2 nitrogen and oxygen atoms in total. The predicted octanol–water partition coefficient (Wildman–Crippen LogP) is 15.5. The minimum absolute atomic E-state index is 0.869. The van der Waals surface area contributed by atoms with Crippen molar-refractivity contribution < 1.29 is 4.42 Å². The second kappa shape index (κ2) is 13.2. The molecule has 0 bridgehead atoms. The second-order valence-electron chi connectivity index (χ2n) is 14.5. The maximum absolute atomic E-state index is 6.57. The number of nitrogens with zero attached hydrogens (tertiary/aromatic N) is 1. The molecule has 0 fully saturated rings. The summed E-state index contributed by atoms with van der Waals surface area (Å²) in [7, 11) is 0. The topological polar surface area (TPSA) is 16.4 Å². The van der Waals surface area contributed by atoms with Crippen molar-refractivity contribution in [3.8, 4) is 33.4 Å². The van der Waals surface area contributed by atoms with Crippen molar-refractivity contribution in [1.82, 2.24) is 0 Å². The Morgan fingerprint density at radius 2 is 0.821 bits per heavy atom. The summed E-state index contributed by atoms with van der Waals surface area (Å²) in [6.07, 6.45) is 0. The minimum Gasteiger partial charge on any atom is -0.456 e. The van der Waals surface area contributed by atoms with E-state index in [0.29, 0.717) is 0 Å². The van der Waals surface area contributed by atoms with Crippen LogP contribution in [0, 0.1) is 0 Å². The summed E-state index contributed by atoms with van der Waals surface area (Å²) in [5.74, 6) is 0. The van der Waals surface area contributed by atoms with Gasteiger partial charge in [-0.1, -0.05) is 158 Å². The van der Waals surface area contributed by atoms with Crippen LogP contribution in [-0.4, -0.2) is 0 Å². The number of fused-ring (bicyclic) bond motifs is 7. The zero-order valence-corrected chi connectivity index (χ0v) is 30.6. The minimum atomic E-state index is 0.869. The lowest BCUT2D eigenvalue weighted by Crippen LogP contribution is -2.09. The van der Waals surface area contributed by atoms with Crippen LogP contribution >= 0.6 is 0 Å².